The molecule has 0 atom stereocenters. The van der Waals surface area contributed by atoms with Crippen LogP contribution in [0.15, 0.2) is 35.2 Å². The Labute approximate surface area is 117 Å². The van der Waals surface area contributed by atoms with Crippen molar-refractivity contribution in [2.75, 3.05) is 29.2 Å². The average molecular weight is 275 g/mol. The molecule has 0 spiro atoms. The molecule has 1 aromatic heterocycles. The summed E-state index contributed by atoms with van der Waals surface area (Å²) in [4.78, 5) is 9.47. The van der Waals surface area contributed by atoms with Crippen LogP contribution >= 0.6 is 11.8 Å². The Hall–Kier alpha value is -1.95. The molecule has 0 saturated heterocycles. The van der Waals surface area contributed by atoms with Gasteiger partial charge in [-0.05, 0) is 25.3 Å². The van der Waals surface area contributed by atoms with Crippen molar-refractivity contribution in [3.8, 4) is 0 Å². The molecule has 0 radical (unpaired) electrons. The molecule has 0 saturated carbocycles. The summed E-state index contributed by atoms with van der Waals surface area (Å²) in [5.74, 6) is 1.66. The second-order valence-corrected chi connectivity index (χ2v) is 4.70. The number of thioether (sulfide) groups is 1. The summed E-state index contributed by atoms with van der Waals surface area (Å²) in [5.41, 5.74) is 6.72. The Kier molecular flexibility index (Phi) is 4.46. The zero-order chi connectivity index (χ0) is 13.7. The summed E-state index contributed by atoms with van der Waals surface area (Å²) < 4.78 is 0. The predicted octanol–water partition coefficient (Wildman–Crippen LogP) is 2.96. The Morgan fingerprint density at radius 2 is 1.95 bits per heavy atom. The van der Waals surface area contributed by atoms with Crippen LogP contribution in [0.4, 0.5) is 23.3 Å². The molecule has 0 unspecified atom stereocenters. The van der Waals surface area contributed by atoms with Crippen molar-refractivity contribution in [3.63, 3.8) is 0 Å². The van der Waals surface area contributed by atoms with Gasteiger partial charge in [-0.1, -0.05) is 12.1 Å². The van der Waals surface area contributed by atoms with E-state index < -0.39 is 0 Å². The molecule has 1 heterocycles. The van der Waals surface area contributed by atoms with Gasteiger partial charge >= 0.3 is 0 Å². The fourth-order valence-electron chi connectivity index (χ4n) is 1.69. The predicted molar refractivity (Wildman–Crippen MR) is 82.1 cm³/mol. The zero-order valence-electron chi connectivity index (χ0n) is 11.0. The summed E-state index contributed by atoms with van der Waals surface area (Å²) in [5, 5.41) is 6.40. The number of rotatable bonds is 5. The summed E-state index contributed by atoms with van der Waals surface area (Å²) in [6, 6.07) is 9.91. The highest BCUT2D eigenvalue weighted by molar-refractivity contribution is 7.98. The minimum Gasteiger partial charge on any atom is -0.370 e. The number of nitrogens with two attached hydrogens (primary N) is 1. The first-order valence-electron chi connectivity index (χ1n) is 6.01. The maximum Gasteiger partial charge on any atom is 0.223 e. The largest absolute Gasteiger partial charge is 0.370 e. The standard InChI is InChI=1S/C13H17N5S/c1-3-15-11-8-12(18-13(14)17-11)16-9-6-4-5-7-10(9)19-2/h4-8H,3H2,1-2H3,(H4,14,15,16,17,18). The number of hydrogen-bond acceptors (Lipinski definition) is 6. The van der Waals surface area contributed by atoms with Crippen molar-refractivity contribution in [2.24, 2.45) is 0 Å². The normalized spacial score (nSPS) is 10.2. The first-order chi connectivity index (χ1) is 9.22. The van der Waals surface area contributed by atoms with Gasteiger partial charge in [0.1, 0.15) is 11.6 Å². The van der Waals surface area contributed by atoms with Gasteiger partial charge in [-0.3, -0.25) is 0 Å². The Morgan fingerprint density at radius 3 is 2.68 bits per heavy atom. The number of nitrogens with one attached hydrogen (secondary N) is 2. The third kappa shape index (κ3) is 3.51. The second-order valence-electron chi connectivity index (χ2n) is 3.85. The third-order valence-corrected chi connectivity index (χ3v) is 3.27. The number of benzene rings is 1. The second kappa shape index (κ2) is 6.29. The van der Waals surface area contributed by atoms with E-state index in [1.165, 1.54) is 0 Å². The van der Waals surface area contributed by atoms with E-state index in [4.69, 9.17) is 5.73 Å². The van der Waals surface area contributed by atoms with Crippen molar-refractivity contribution in [2.45, 2.75) is 11.8 Å². The lowest BCUT2D eigenvalue weighted by atomic mass is 10.3. The lowest BCUT2D eigenvalue weighted by Gasteiger charge is -2.11. The molecule has 2 rings (SSSR count). The molecule has 0 aliphatic heterocycles. The number of hydrogen-bond donors (Lipinski definition) is 3. The summed E-state index contributed by atoms with van der Waals surface area (Å²) in [6.07, 6.45) is 2.04. The van der Waals surface area contributed by atoms with Crippen LogP contribution < -0.4 is 16.4 Å². The molecule has 0 fully saturated rings. The SMILES string of the molecule is CCNc1cc(Nc2ccccc2SC)nc(N)n1. The lowest BCUT2D eigenvalue weighted by Crippen LogP contribution is -2.05. The van der Waals surface area contributed by atoms with E-state index in [9.17, 15) is 0 Å². The van der Waals surface area contributed by atoms with Gasteiger partial charge in [0.2, 0.25) is 5.95 Å². The highest BCUT2D eigenvalue weighted by atomic mass is 32.2. The molecule has 0 aliphatic carbocycles. The van der Waals surface area contributed by atoms with Gasteiger partial charge in [-0.2, -0.15) is 9.97 Å². The van der Waals surface area contributed by atoms with E-state index in [1.807, 2.05) is 37.4 Å². The quantitative estimate of drug-likeness (QED) is 0.728. The van der Waals surface area contributed by atoms with Crippen molar-refractivity contribution >= 4 is 35.0 Å². The van der Waals surface area contributed by atoms with Crippen LogP contribution in [-0.2, 0) is 0 Å². The summed E-state index contributed by atoms with van der Waals surface area (Å²) in [6.45, 7) is 2.80. The van der Waals surface area contributed by atoms with Crippen LogP contribution in [0.5, 0.6) is 0 Å². The third-order valence-electron chi connectivity index (χ3n) is 2.47. The molecule has 0 amide bonds. The molecule has 6 heteroatoms. The van der Waals surface area contributed by atoms with E-state index in [2.05, 4.69) is 26.7 Å². The van der Waals surface area contributed by atoms with Gasteiger partial charge in [0.15, 0.2) is 0 Å². The van der Waals surface area contributed by atoms with Crippen LogP contribution in [0.2, 0.25) is 0 Å². The topological polar surface area (TPSA) is 75.9 Å². The number of anilines is 4. The summed E-state index contributed by atoms with van der Waals surface area (Å²) >= 11 is 1.68. The first kappa shape index (κ1) is 13.5. The number of nitrogen functional groups attached to an aromatic ring is 1. The van der Waals surface area contributed by atoms with Crippen LogP contribution in [0.1, 0.15) is 6.92 Å². The molecule has 5 nitrogen and oxygen atoms in total. The Morgan fingerprint density at radius 1 is 1.21 bits per heavy atom. The molecule has 100 valence electrons. The van der Waals surface area contributed by atoms with E-state index in [0.29, 0.717) is 5.82 Å². The first-order valence-corrected chi connectivity index (χ1v) is 7.24. The Balaban J connectivity index is 2.27. The number of aromatic nitrogens is 2. The monoisotopic (exact) mass is 275 g/mol. The van der Waals surface area contributed by atoms with Crippen molar-refractivity contribution in [1.82, 2.24) is 9.97 Å². The van der Waals surface area contributed by atoms with Gasteiger partial charge in [0.05, 0.1) is 5.69 Å². The van der Waals surface area contributed by atoms with Crippen LogP contribution in [0.3, 0.4) is 0 Å². The Bertz CT molecular complexity index is 558. The molecule has 4 N–H and O–H groups in total. The number of para-hydroxylation sites is 1. The zero-order valence-corrected chi connectivity index (χ0v) is 11.8. The minimum atomic E-state index is 0.252. The van der Waals surface area contributed by atoms with Crippen LogP contribution in [-0.4, -0.2) is 22.8 Å². The molecular formula is C13H17N5S. The minimum absolute atomic E-state index is 0.252. The van der Waals surface area contributed by atoms with E-state index in [0.717, 1.165) is 22.9 Å². The van der Waals surface area contributed by atoms with E-state index >= 15 is 0 Å². The van der Waals surface area contributed by atoms with Crippen molar-refractivity contribution in [3.05, 3.63) is 30.3 Å². The molecule has 0 aliphatic rings. The highest BCUT2D eigenvalue weighted by Gasteiger charge is 2.05. The van der Waals surface area contributed by atoms with Gasteiger partial charge in [-0.15, -0.1) is 11.8 Å². The van der Waals surface area contributed by atoms with Gasteiger partial charge in [-0.25, -0.2) is 0 Å². The molecule has 2 aromatic rings. The maximum absolute atomic E-state index is 5.71. The smallest absolute Gasteiger partial charge is 0.223 e. The highest BCUT2D eigenvalue weighted by Crippen LogP contribution is 2.27. The molecular weight excluding hydrogens is 258 g/mol. The van der Waals surface area contributed by atoms with E-state index in [1.54, 1.807) is 11.8 Å². The van der Waals surface area contributed by atoms with Crippen LogP contribution in [0, 0.1) is 0 Å². The fraction of sp³-hybridized carbons (Fsp3) is 0.231. The van der Waals surface area contributed by atoms with Crippen molar-refractivity contribution in [1.29, 1.82) is 0 Å². The van der Waals surface area contributed by atoms with Crippen molar-refractivity contribution < 1.29 is 0 Å². The molecule has 19 heavy (non-hydrogen) atoms. The van der Waals surface area contributed by atoms with Gasteiger partial charge in [0.25, 0.3) is 0 Å². The summed E-state index contributed by atoms with van der Waals surface area (Å²) in [7, 11) is 0. The van der Waals surface area contributed by atoms with E-state index in [-0.39, 0.29) is 5.95 Å². The average Bonchev–Trinajstić information content (AvgIpc) is 2.39. The van der Waals surface area contributed by atoms with Gasteiger partial charge in [0, 0.05) is 17.5 Å². The van der Waals surface area contributed by atoms with Gasteiger partial charge < -0.3 is 16.4 Å². The lowest BCUT2D eigenvalue weighted by molar-refractivity contribution is 1.12. The molecule has 1 aromatic carbocycles. The molecule has 0 bridgehead atoms. The maximum atomic E-state index is 5.71. The fourth-order valence-corrected chi connectivity index (χ4v) is 2.24. The van der Waals surface area contributed by atoms with Crippen LogP contribution in [0.25, 0.3) is 0 Å². The number of nitrogens with zero attached hydrogens (tertiary/aromatic N) is 2.